The van der Waals surface area contributed by atoms with Crippen molar-refractivity contribution in [1.29, 1.82) is 0 Å². The van der Waals surface area contributed by atoms with Gasteiger partial charge < -0.3 is 30.3 Å². The summed E-state index contributed by atoms with van der Waals surface area (Å²) in [5.74, 6) is -0.235. The van der Waals surface area contributed by atoms with Crippen LogP contribution in [0.2, 0.25) is 0 Å². The number of nitrogens with one attached hydrogen (secondary N) is 3. The number of hydrazine groups is 1. The number of benzene rings is 1. The van der Waals surface area contributed by atoms with E-state index in [9.17, 15) is 24.3 Å². The van der Waals surface area contributed by atoms with Gasteiger partial charge in [-0.05, 0) is 61.6 Å². The fourth-order valence-electron chi connectivity index (χ4n) is 6.24. The summed E-state index contributed by atoms with van der Waals surface area (Å²) in [5, 5.41) is 19.3. The Bertz CT molecular complexity index is 1430. The average Bonchev–Trinajstić information content (AvgIpc) is 3.46. The molecule has 1 aromatic heterocycles. The molecule has 1 aliphatic heterocycles. The first-order chi connectivity index (χ1) is 24.8. The zero-order valence-electron chi connectivity index (χ0n) is 32.1. The molecule has 5 unspecified atom stereocenters. The number of aromatic nitrogens is 1. The van der Waals surface area contributed by atoms with Gasteiger partial charge >= 0.3 is 12.1 Å². The Labute approximate surface area is 309 Å². The van der Waals surface area contributed by atoms with Crippen molar-refractivity contribution in [3.8, 4) is 0 Å². The number of hydrogen-bond acceptors (Lipinski definition) is 8. The van der Waals surface area contributed by atoms with Gasteiger partial charge in [0, 0.05) is 44.8 Å². The molecule has 4 N–H and O–H groups in total. The van der Waals surface area contributed by atoms with Crippen molar-refractivity contribution in [3.63, 3.8) is 0 Å². The number of aliphatic hydroxyl groups excluding tert-OH is 1. The Balaban J connectivity index is 1.76. The van der Waals surface area contributed by atoms with Crippen LogP contribution < -0.4 is 16.1 Å². The Morgan fingerprint density at radius 3 is 2.40 bits per heavy atom. The number of urea groups is 1. The van der Waals surface area contributed by atoms with Gasteiger partial charge in [-0.3, -0.25) is 20.0 Å². The zero-order valence-corrected chi connectivity index (χ0v) is 32.1. The van der Waals surface area contributed by atoms with E-state index >= 15 is 0 Å². The standard InChI is InChI=1S/C39H61N7O6/c1-8-29(5)36(46-22-21-44(39(46)51)25-32-16-12-13-30(6)41-32)37(49)42-33(23-31-14-10-9-11-15-31)34(47)26-45(20-19-27(2)3)43-35(48)18-17-28(4)24-40-38(50)52-7/h9-16,27-29,33-34,36,47H,8,17-26H2,1-7H3,(H,40,50)(H,42,49)(H,43,48). The first-order valence-electron chi connectivity index (χ1n) is 18.7. The summed E-state index contributed by atoms with van der Waals surface area (Å²) in [6, 6.07) is 13.8. The van der Waals surface area contributed by atoms with Crippen molar-refractivity contribution in [1.82, 2.24) is 35.9 Å². The number of carbonyl (C=O) groups excluding carboxylic acids is 4. The van der Waals surface area contributed by atoms with E-state index in [1.54, 1.807) is 14.8 Å². The molecule has 2 heterocycles. The molecule has 1 aromatic carbocycles. The largest absolute Gasteiger partial charge is 0.453 e. The second-order valence-electron chi connectivity index (χ2n) is 14.6. The monoisotopic (exact) mass is 723 g/mol. The fraction of sp³-hybridized carbons (Fsp3) is 0.615. The molecule has 288 valence electrons. The highest BCUT2D eigenvalue weighted by Gasteiger charge is 2.41. The molecule has 0 radical (unpaired) electrons. The molecule has 3 rings (SSSR count). The van der Waals surface area contributed by atoms with Gasteiger partial charge in [0.05, 0.1) is 31.5 Å². The Morgan fingerprint density at radius 2 is 1.75 bits per heavy atom. The molecule has 1 saturated heterocycles. The predicted octanol–water partition coefficient (Wildman–Crippen LogP) is 4.28. The second kappa shape index (κ2) is 21.3. The lowest BCUT2D eigenvalue weighted by atomic mass is 9.95. The molecular formula is C39H61N7O6. The topological polar surface area (TPSA) is 156 Å². The van der Waals surface area contributed by atoms with Gasteiger partial charge in [0.1, 0.15) is 6.04 Å². The number of ether oxygens (including phenoxy) is 1. The molecule has 5 atom stereocenters. The van der Waals surface area contributed by atoms with Crippen LogP contribution in [0.1, 0.15) is 77.3 Å². The van der Waals surface area contributed by atoms with Crippen molar-refractivity contribution in [2.75, 3.05) is 39.8 Å². The van der Waals surface area contributed by atoms with E-state index < -0.39 is 24.3 Å². The summed E-state index contributed by atoms with van der Waals surface area (Å²) >= 11 is 0. The van der Waals surface area contributed by atoms with Crippen molar-refractivity contribution in [2.45, 2.75) is 98.4 Å². The molecule has 1 fully saturated rings. The molecule has 0 aliphatic carbocycles. The van der Waals surface area contributed by atoms with E-state index in [2.05, 4.69) is 39.6 Å². The van der Waals surface area contributed by atoms with Gasteiger partial charge in [-0.25, -0.2) is 14.6 Å². The molecule has 5 amide bonds. The van der Waals surface area contributed by atoms with Gasteiger partial charge in [0.2, 0.25) is 11.8 Å². The highest BCUT2D eigenvalue weighted by Crippen LogP contribution is 2.23. The molecule has 0 saturated carbocycles. The van der Waals surface area contributed by atoms with Gasteiger partial charge in [-0.1, -0.05) is 77.4 Å². The summed E-state index contributed by atoms with van der Waals surface area (Å²) < 4.78 is 4.62. The molecule has 13 nitrogen and oxygen atoms in total. The third-order valence-electron chi connectivity index (χ3n) is 9.61. The lowest BCUT2D eigenvalue weighted by Crippen LogP contribution is -2.58. The minimum atomic E-state index is -1.05. The minimum absolute atomic E-state index is 0.0530. The Morgan fingerprint density at radius 1 is 1.02 bits per heavy atom. The van der Waals surface area contributed by atoms with Gasteiger partial charge in [-0.15, -0.1) is 0 Å². The predicted molar refractivity (Wildman–Crippen MR) is 201 cm³/mol. The molecule has 0 bridgehead atoms. The Kier molecular flexibility index (Phi) is 17.3. The van der Waals surface area contributed by atoms with Gasteiger partial charge in [0.15, 0.2) is 0 Å². The highest BCUT2D eigenvalue weighted by atomic mass is 16.5. The summed E-state index contributed by atoms with van der Waals surface area (Å²) in [6.07, 6.45) is 1.05. The van der Waals surface area contributed by atoms with E-state index in [0.29, 0.717) is 57.9 Å². The first kappa shape index (κ1) is 42.2. The molecule has 2 aromatic rings. The van der Waals surface area contributed by atoms with Crippen LogP contribution in [-0.4, -0.2) is 107 Å². The molecule has 0 spiro atoms. The number of alkyl carbamates (subject to hydrolysis) is 1. The van der Waals surface area contributed by atoms with Gasteiger partial charge in [0.25, 0.3) is 0 Å². The van der Waals surface area contributed by atoms with Crippen LogP contribution in [0.5, 0.6) is 0 Å². The average molecular weight is 724 g/mol. The second-order valence-corrected chi connectivity index (χ2v) is 14.6. The third kappa shape index (κ3) is 13.7. The number of aryl methyl sites for hydroxylation is 1. The highest BCUT2D eigenvalue weighted by molar-refractivity contribution is 5.88. The fourth-order valence-corrected chi connectivity index (χ4v) is 6.24. The molecule has 52 heavy (non-hydrogen) atoms. The number of carbonyl (C=O) groups is 4. The number of nitrogens with zero attached hydrogens (tertiary/aromatic N) is 4. The van der Waals surface area contributed by atoms with E-state index in [4.69, 9.17) is 0 Å². The number of aliphatic hydroxyl groups is 1. The maximum atomic E-state index is 14.3. The third-order valence-corrected chi connectivity index (χ3v) is 9.61. The summed E-state index contributed by atoms with van der Waals surface area (Å²) in [4.78, 5) is 60.5. The van der Waals surface area contributed by atoms with Crippen LogP contribution >= 0.6 is 0 Å². The minimum Gasteiger partial charge on any atom is -0.453 e. The maximum absolute atomic E-state index is 14.3. The van der Waals surface area contributed by atoms with Crippen molar-refractivity contribution in [3.05, 3.63) is 65.5 Å². The van der Waals surface area contributed by atoms with Crippen LogP contribution in [0.25, 0.3) is 0 Å². The molecule has 1 aliphatic rings. The number of rotatable bonds is 21. The maximum Gasteiger partial charge on any atom is 0.406 e. The lowest BCUT2D eigenvalue weighted by Gasteiger charge is -2.35. The van der Waals surface area contributed by atoms with Gasteiger partial charge in [-0.2, -0.15) is 0 Å². The SMILES string of the molecule is CCC(C)C(C(=O)NC(Cc1ccccc1)C(O)CN(CCC(C)C)NC(=O)CCC(C)CNC(=O)OC)N1CCN(Cc2cccc(C)n2)C1=O. The van der Waals surface area contributed by atoms with E-state index in [1.165, 1.54) is 7.11 Å². The van der Waals surface area contributed by atoms with E-state index in [1.807, 2.05) is 76.2 Å². The molecule has 13 heteroatoms. The van der Waals surface area contributed by atoms with Crippen LogP contribution in [-0.2, 0) is 27.3 Å². The Hall–Kier alpha value is -4.23. The summed E-state index contributed by atoms with van der Waals surface area (Å²) in [6.45, 7) is 14.3. The first-order valence-corrected chi connectivity index (χ1v) is 18.7. The van der Waals surface area contributed by atoms with Crippen molar-refractivity contribution >= 4 is 23.9 Å². The quantitative estimate of drug-likeness (QED) is 0.139. The van der Waals surface area contributed by atoms with Crippen LogP contribution in [0, 0.1) is 24.7 Å². The smallest absolute Gasteiger partial charge is 0.406 e. The summed E-state index contributed by atoms with van der Waals surface area (Å²) in [5.41, 5.74) is 5.59. The van der Waals surface area contributed by atoms with Crippen molar-refractivity contribution in [2.24, 2.45) is 17.8 Å². The number of hydrogen-bond donors (Lipinski definition) is 4. The molecular weight excluding hydrogens is 662 g/mol. The normalized spacial score (nSPS) is 16.0. The van der Waals surface area contributed by atoms with Crippen molar-refractivity contribution < 1.29 is 29.0 Å². The van der Waals surface area contributed by atoms with Crippen LogP contribution in [0.15, 0.2) is 48.5 Å². The number of pyridine rings is 1. The van der Waals surface area contributed by atoms with E-state index in [-0.39, 0.29) is 42.6 Å². The summed E-state index contributed by atoms with van der Waals surface area (Å²) in [7, 11) is 1.31. The number of methoxy groups -OCH3 is 1. The van der Waals surface area contributed by atoms with Crippen LogP contribution in [0.3, 0.4) is 0 Å². The number of amides is 5. The zero-order chi connectivity index (χ0) is 38.2. The lowest BCUT2D eigenvalue weighted by molar-refractivity contribution is -0.130. The van der Waals surface area contributed by atoms with E-state index in [0.717, 1.165) is 23.4 Å². The van der Waals surface area contributed by atoms with Crippen LogP contribution in [0.4, 0.5) is 9.59 Å².